The van der Waals surface area contributed by atoms with Gasteiger partial charge in [0.05, 0.1) is 22.1 Å². The lowest BCUT2D eigenvalue weighted by atomic mass is 9.83. The lowest BCUT2D eigenvalue weighted by Gasteiger charge is -2.19. The minimum atomic E-state index is 0.863. The zero-order valence-corrected chi connectivity index (χ0v) is 42.9. The Morgan fingerprint density at radius 3 is 0.987 bits per heavy atom. The van der Waals surface area contributed by atoms with Gasteiger partial charge < -0.3 is 13.6 Å². The highest BCUT2D eigenvalue weighted by Crippen LogP contribution is 2.52. The molecule has 0 unspecified atom stereocenters. The van der Waals surface area contributed by atoms with Crippen molar-refractivity contribution in [3.05, 3.63) is 279 Å². The van der Waals surface area contributed by atoms with Crippen LogP contribution in [0.5, 0.6) is 0 Å². The van der Waals surface area contributed by atoms with E-state index in [2.05, 4.69) is 288 Å². The van der Waals surface area contributed by atoms with Crippen LogP contribution in [0.15, 0.2) is 283 Å². The van der Waals surface area contributed by atoms with Gasteiger partial charge in [0.2, 0.25) is 0 Å². The molecule has 3 heteroatoms. The Hall–Kier alpha value is -10.5. The molecule has 3 nitrogen and oxygen atoms in total. The third-order valence-electron chi connectivity index (χ3n) is 16.9. The number of nitrogens with zero attached hydrogens (tertiary/aromatic N) is 2. The molecule has 17 aromatic rings. The predicted molar refractivity (Wildman–Crippen MR) is 334 cm³/mol. The van der Waals surface area contributed by atoms with Crippen molar-refractivity contribution in [2.45, 2.75) is 0 Å². The van der Waals surface area contributed by atoms with Gasteiger partial charge in [0, 0.05) is 43.7 Å². The van der Waals surface area contributed by atoms with Gasteiger partial charge in [-0.05, 0) is 154 Å². The van der Waals surface area contributed by atoms with Crippen LogP contribution < -0.4 is 0 Å². The average molecular weight is 1000 g/mol. The zero-order valence-electron chi connectivity index (χ0n) is 42.9. The highest BCUT2D eigenvalue weighted by atomic mass is 16.3. The van der Waals surface area contributed by atoms with Crippen LogP contribution >= 0.6 is 0 Å². The standard InChI is InChI=1S/C76H46N2O/c1-3-22-48(23-4-1)77-64-39-17-15-34-58(64)74-61(36-19-41-66(74)77)71-52-28-9-7-26-50(52)70(51-27-8-10-29-53(51)71)47-44-45-60-69(46-47)79-68-43-21-38-63(76(60)68)73-56-32-13-11-30-54(56)72(55-31-12-14-33-57(55)73)62-37-20-42-67-75(62)59-35-16-18-40-65(59)78(67)49-24-5-2-6-25-49/h1-46H. The van der Waals surface area contributed by atoms with E-state index in [9.17, 15) is 0 Å². The quantitative estimate of drug-likeness (QED) is 0.152. The van der Waals surface area contributed by atoms with Crippen molar-refractivity contribution >= 4 is 109 Å². The first-order valence-corrected chi connectivity index (χ1v) is 27.3. The first-order valence-electron chi connectivity index (χ1n) is 27.3. The summed E-state index contributed by atoms with van der Waals surface area (Å²) in [5.41, 5.74) is 18.4. The summed E-state index contributed by atoms with van der Waals surface area (Å²) in [4.78, 5) is 0. The van der Waals surface area contributed by atoms with Gasteiger partial charge >= 0.3 is 0 Å². The van der Waals surface area contributed by atoms with Gasteiger partial charge in [0.1, 0.15) is 11.2 Å². The maximum Gasteiger partial charge on any atom is 0.136 e. The van der Waals surface area contributed by atoms with Gasteiger partial charge in [0.15, 0.2) is 0 Å². The molecule has 0 atom stereocenters. The molecule has 0 N–H and O–H groups in total. The minimum Gasteiger partial charge on any atom is -0.456 e. The largest absolute Gasteiger partial charge is 0.456 e. The monoisotopic (exact) mass is 1000 g/mol. The average Bonchev–Trinajstić information content (AvgIpc) is 4.29. The molecular weight excluding hydrogens is 957 g/mol. The predicted octanol–water partition coefficient (Wildman–Crippen LogP) is 21.1. The number of rotatable bonds is 6. The molecule has 14 aromatic carbocycles. The number of furan rings is 1. The summed E-state index contributed by atoms with van der Waals surface area (Å²) >= 11 is 0. The molecule has 0 saturated heterocycles. The van der Waals surface area contributed by atoms with Crippen molar-refractivity contribution in [2.24, 2.45) is 0 Å². The fourth-order valence-corrected chi connectivity index (χ4v) is 13.8. The van der Waals surface area contributed by atoms with Crippen molar-refractivity contribution < 1.29 is 4.42 Å². The highest BCUT2D eigenvalue weighted by Gasteiger charge is 2.25. The Bertz CT molecular complexity index is 5250. The molecule has 3 heterocycles. The van der Waals surface area contributed by atoms with Crippen LogP contribution in [-0.2, 0) is 0 Å². The van der Waals surface area contributed by atoms with Crippen LogP contribution in [0, 0.1) is 0 Å². The SMILES string of the molecule is c1ccc(-n2c3ccccc3c3c(-c4c5ccccc5c(-c5ccc6c(c5)oc5cccc(-c7c8ccccc8c(-c8cccc9c8c8ccccc8n9-c8ccccc8)c8ccccc78)c56)c5ccccc45)cccc32)cc1. The fourth-order valence-electron chi connectivity index (χ4n) is 13.8. The molecule has 0 saturated carbocycles. The molecule has 3 aromatic heterocycles. The Balaban J connectivity index is 0.874. The molecule has 79 heavy (non-hydrogen) atoms. The first-order chi connectivity index (χ1) is 39.3. The number of fused-ring (bicyclic) bond motifs is 13. The molecule has 0 spiro atoms. The van der Waals surface area contributed by atoms with E-state index in [1.807, 2.05) is 0 Å². The number of para-hydroxylation sites is 4. The molecule has 0 aliphatic heterocycles. The second kappa shape index (κ2) is 17.0. The Morgan fingerprint density at radius 1 is 0.215 bits per heavy atom. The third kappa shape index (κ3) is 6.30. The van der Waals surface area contributed by atoms with E-state index in [-0.39, 0.29) is 0 Å². The van der Waals surface area contributed by atoms with Crippen molar-refractivity contribution in [3.63, 3.8) is 0 Å². The third-order valence-corrected chi connectivity index (χ3v) is 16.9. The van der Waals surface area contributed by atoms with Gasteiger partial charge in [-0.15, -0.1) is 0 Å². The molecule has 0 aliphatic carbocycles. The molecule has 0 amide bonds. The second-order valence-electron chi connectivity index (χ2n) is 20.9. The smallest absolute Gasteiger partial charge is 0.136 e. The van der Waals surface area contributed by atoms with Crippen LogP contribution in [0.25, 0.3) is 165 Å². The normalized spacial score (nSPS) is 12.1. The van der Waals surface area contributed by atoms with E-state index in [1.54, 1.807) is 0 Å². The summed E-state index contributed by atoms with van der Waals surface area (Å²) in [5.74, 6) is 0. The van der Waals surface area contributed by atoms with Crippen LogP contribution in [0.2, 0.25) is 0 Å². The summed E-state index contributed by atoms with van der Waals surface area (Å²) in [6.45, 7) is 0. The summed E-state index contributed by atoms with van der Waals surface area (Å²) in [6, 6.07) is 102. The van der Waals surface area contributed by atoms with E-state index >= 15 is 0 Å². The number of hydrogen-bond acceptors (Lipinski definition) is 1. The number of aromatic nitrogens is 2. The van der Waals surface area contributed by atoms with Gasteiger partial charge in [-0.25, -0.2) is 0 Å². The summed E-state index contributed by atoms with van der Waals surface area (Å²) in [5, 5.41) is 16.9. The molecule has 0 fully saturated rings. The molecule has 0 bridgehead atoms. The van der Waals surface area contributed by atoms with Gasteiger partial charge in [-0.3, -0.25) is 0 Å². The van der Waals surface area contributed by atoms with E-state index in [0.29, 0.717) is 0 Å². The van der Waals surface area contributed by atoms with Crippen molar-refractivity contribution in [1.29, 1.82) is 0 Å². The maximum absolute atomic E-state index is 7.06. The van der Waals surface area contributed by atoms with Crippen LogP contribution in [0.1, 0.15) is 0 Å². The van der Waals surface area contributed by atoms with E-state index < -0.39 is 0 Å². The maximum atomic E-state index is 7.06. The minimum absolute atomic E-state index is 0.863. The first kappa shape index (κ1) is 43.7. The molecule has 0 radical (unpaired) electrons. The zero-order chi connectivity index (χ0) is 51.7. The molecule has 17 rings (SSSR count). The fraction of sp³-hybridized carbons (Fsp3) is 0. The molecule has 0 aliphatic rings. The second-order valence-corrected chi connectivity index (χ2v) is 20.9. The number of hydrogen-bond donors (Lipinski definition) is 0. The topological polar surface area (TPSA) is 23.0 Å². The van der Waals surface area contributed by atoms with Crippen molar-refractivity contribution in [2.75, 3.05) is 0 Å². The van der Waals surface area contributed by atoms with Crippen molar-refractivity contribution in [1.82, 2.24) is 9.13 Å². The van der Waals surface area contributed by atoms with Crippen LogP contribution in [0.4, 0.5) is 0 Å². The lowest BCUT2D eigenvalue weighted by molar-refractivity contribution is 0.669. The van der Waals surface area contributed by atoms with E-state index in [0.717, 1.165) is 44.4 Å². The Kier molecular flexibility index (Phi) is 9.42. The van der Waals surface area contributed by atoms with Gasteiger partial charge in [-0.1, -0.05) is 212 Å². The summed E-state index contributed by atoms with van der Waals surface area (Å²) in [6.07, 6.45) is 0. The Labute approximate surface area is 454 Å². The Morgan fingerprint density at radius 2 is 0.557 bits per heavy atom. The molecular formula is C76H46N2O. The number of benzene rings is 14. The van der Waals surface area contributed by atoms with Gasteiger partial charge in [0.25, 0.3) is 0 Å². The van der Waals surface area contributed by atoms with E-state index in [4.69, 9.17) is 4.42 Å². The lowest BCUT2D eigenvalue weighted by Crippen LogP contribution is -1.94. The van der Waals surface area contributed by atoms with Crippen molar-refractivity contribution in [3.8, 4) is 55.9 Å². The van der Waals surface area contributed by atoms with Crippen LogP contribution in [0.3, 0.4) is 0 Å². The summed E-state index contributed by atoms with van der Waals surface area (Å²) in [7, 11) is 0. The van der Waals surface area contributed by atoms with Crippen LogP contribution in [-0.4, -0.2) is 9.13 Å². The highest BCUT2D eigenvalue weighted by molar-refractivity contribution is 6.30. The summed E-state index contributed by atoms with van der Waals surface area (Å²) < 4.78 is 11.9. The van der Waals surface area contributed by atoms with E-state index in [1.165, 1.54) is 120 Å². The van der Waals surface area contributed by atoms with Gasteiger partial charge in [-0.2, -0.15) is 0 Å². The molecule has 366 valence electrons.